The summed E-state index contributed by atoms with van der Waals surface area (Å²) in [6.07, 6.45) is 0.892. The monoisotopic (exact) mass is 593 g/mol. The molecule has 222 valence electrons. The van der Waals surface area contributed by atoms with Gasteiger partial charge in [-0.2, -0.15) is 0 Å². The van der Waals surface area contributed by atoms with Crippen LogP contribution in [0.1, 0.15) is 36.0 Å². The number of sulfonamides is 1. The number of anilines is 1. The molecule has 0 heterocycles. The van der Waals surface area contributed by atoms with Gasteiger partial charge in [0.2, 0.25) is 21.8 Å². The van der Waals surface area contributed by atoms with Crippen molar-refractivity contribution in [3.05, 3.63) is 102 Å². The summed E-state index contributed by atoms with van der Waals surface area (Å²) in [5, 5.41) is 22.1. The van der Waals surface area contributed by atoms with Gasteiger partial charge in [-0.05, 0) is 42.5 Å². The van der Waals surface area contributed by atoms with E-state index in [9.17, 15) is 27.9 Å². The second-order valence-corrected chi connectivity index (χ2v) is 11.6. The molecule has 0 aliphatic carbocycles. The fourth-order valence-electron chi connectivity index (χ4n) is 4.40. The standard InChI is InChI=1S/C30H35N5O6S/c1-42(40,41)35(24-10-6-3-7-11-24)26(18-14-21-8-4-2-5-9-21)30(39)34-25(17-19-27(36)37)29(38)33-20-22-12-15-23(16-13-22)28(31)32/h2-13,15-16,25-26H,14,17-20H2,1H3,(H3,31,32)(H,33,38)(H,34,39)(H,36,37)/t25-,26+/m0/s1. The van der Waals surface area contributed by atoms with Crippen LogP contribution < -0.4 is 20.7 Å². The molecule has 0 aliphatic heterocycles. The van der Waals surface area contributed by atoms with Gasteiger partial charge in [0.05, 0.1) is 11.9 Å². The smallest absolute Gasteiger partial charge is 0.303 e. The van der Waals surface area contributed by atoms with E-state index in [1.165, 1.54) is 0 Å². The molecule has 3 rings (SSSR count). The lowest BCUT2D eigenvalue weighted by atomic mass is 10.0. The lowest BCUT2D eigenvalue weighted by molar-refractivity contribution is -0.138. The van der Waals surface area contributed by atoms with Crippen LogP contribution in [0.5, 0.6) is 0 Å². The molecule has 42 heavy (non-hydrogen) atoms. The van der Waals surface area contributed by atoms with E-state index < -0.39 is 46.3 Å². The molecule has 0 fully saturated rings. The Labute approximate surface area is 245 Å². The number of amides is 2. The third-order valence-electron chi connectivity index (χ3n) is 6.51. The first-order valence-electron chi connectivity index (χ1n) is 13.3. The zero-order valence-corrected chi connectivity index (χ0v) is 24.0. The molecular weight excluding hydrogens is 558 g/mol. The van der Waals surface area contributed by atoms with Crippen molar-refractivity contribution < 1.29 is 27.9 Å². The van der Waals surface area contributed by atoms with Crippen LogP contribution in [-0.4, -0.2) is 55.5 Å². The Morgan fingerprint density at radius 1 is 0.881 bits per heavy atom. The summed E-state index contributed by atoms with van der Waals surface area (Å²) < 4.78 is 27.1. The number of carbonyl (C=O) groups excluding carboxylic acids is 2. The van der Waals surface area contributed by atoms with Crippen LogP contribution in [0.2, 0.25) is 0 Å². The molecule has 11 nitrogen and oxygen atoms in total. The van der Waals surface area contributed by atoms with Gasteiger partial charge >= 0.3 is 5.97 Å². The topological polar surface area (TPSA) is 183 Å². The molecule has 3 aromatic carbocycles. The number of aryl methyl sites for hydroxylation is 1. The summed E-state index contributed by atoms with van der Waals surface area (Å²) >= 11 is 0. The van der Waals surface area contributed by atoms with Gasteiger partial charge < -0.3 is 21.5 Å². The normalized spacial score (nSPS) is 12.5. The number of carboxylic acids is 1. The van der Waals surface area contributed by atoms with Gasteiger partial charge in [-0.1, -0.05) is 72.8 Å². The van der Waals surface area contributed by atoms with Gasteiger partial charge in [-0.3, -0.25) is 24.1 Å². The Balaban J connectivity index is 1.86. The average molecular weight is 594 g/mol. The molecule has 0 saturated heterocycles. The van der Waals surface area contributed by atoms with E-state index >= 15 is 0 Å². The highest BCUT2D eigenvalue weighted by molar-refractivity contribution is 7.92. The number of amidine groups is 1. The highest BCUT2D eigenvalue weighted by Gasteiger charge is 2.34. The number of aliphatic carboxylic acids is 1. The molecule has 0 aliphatic rings. The van der Waals surface area contributed by atoms with Crippen molar-refractivity contribution in [1.29, 1.82) is 5.41 Å². The predicted molar refractivity (Wildman–Crippen MR) is 160 cm³/mol. The number of para-hydroxylation sites is 1. The number of carbonyl (C=O) groups is 3. The Morgan fingerprint density at radius 3 is 2.02 bits per heavy atom. The molecule has 0 bridgehead atoms. The molecule has 0 saturated carbocycles. The highest BCUT2D eigenvalue weighted by Crippen LogP contribution is 2.23. The Hall–Kier alpha value is -4.71. The first-order chi connectivity index (χ1) is 20.0. The number of nitrogens with two attached hydrogens (primary N) is 1. The van der Waals surface area contributed by atoms with Crippen molar-refractivity contribution in [2.45, 2.75) is 44.3 Å². The third kappa shape index (κ3) is 9.44. The van der Waals surface area contributed by atoms with Crippen molar-refractivity contribution in [1.82, 2.24) is 10.6 Å². The molecule has 0 aromatic heterocycles. The predicted octanol–water partition coefficient (Wildman–Crippen LogP) is 2.40. The second kappa shape index (κ2) is 14.8. The van der Waals surface area contributed by atoms with E-state index in [-0.39, 0.29) is 30.9 Å². The SMILES string of the molecule is CS(=O)(=O)N(c1ccccc1)[C@H](CCc1ccccc1)C(=O)N[C@@H](CCC(=O)O)C(=O)NCc1ccc(C(=N)N)cc1. The lowest BCUT2D eigenvalue weighted by Crippen LogP contribution is -2.55. The number of nitrogens with zero attached hydrogens (tertiary/aromatic N) is 1. The summed E-state index contributed by atoms with van der Waals surface area (Å²) in [6, 6.07) is 21.7. The van der Waals surface area contributed by atoms with Crippen LogP contribution in [0.25, 0.3) is 0 Å². The molecule has 2 atom stereocenters. The number of rotatable bonds is 15. The van der Waals surface area contributed by atoms with Crippen LogP contribution >= 0.6 is 0 Å². The zero-order valence-electron chi connectivity index (χ0n) is 23.2. The molecule has 0 unspecified atom stereocenters. The molecule has 12 heteroatoms. The van der Waals surface area contributed by atoms with Crippen LogP contribution in [0.15, 0.2) is 84.9 Å². The minimum atomic E-state index is -3.95. The van der Waals surface area contributed by atoms with E-state index in [1.54, 1.807) is 54.6 Å². The zero-order chi connectivity index (χ0) is 30.7. The van der Waals surface area contributed by atoms with E-state index in [0.717, 1.165) is 16.1 Å². The lowest BCUT2D eigenvalue weighted by Gasteiger charge is -2.32. The largest absolute Gasteiger partial charge is 0.481 e. The minimum absolute atomic E-state index is 0.0768. The van der Waals surface area contributed by atoms with Gasteiger partial charge in [-0.25, -0.2) is 8.42 Å². The number of nitrogens with one attached hydrogen (secondary N) is 3. The minimum Gasteiger partial charge on any atom is -0.481 e. The first kappa shape index (κ1) is 31.8. The average Bonchev–Trinajstić information content (AvgIpc) is 2.96. The van der Waals surface area contributed by atoms with Crippen molar-refractivity contribution >= 4 is 39.3 Å². The summed E-state index contributed by atoms with van der Waals surface area (Å²) in [6.45, 7) is 0.0768. The fourth-order valence-corrected chi connectivity index (χ4v) is 5.57. The van der Waals surface area contributed by atoms with Crippen molar-refractivity contribution in [3.63, 3.8) is 0 Å². The number of carboxylic acid groups (broad SMARTS) is 1. The molecular formula is C30H35N5O6S. The van der Waals surface area contributed by atoms with Gasteiger partial charge in [0.15, 0.2) is 0 Å². The maximum Gasteiger partial charge on any atom is 0.303 e. The van der Waals surface area contributed by atoms with Crippen LogP contribution in [-0.2, 0) is 37.4 Å². The molecule has 0 spiro atoms. The third-order valence-corrected chi connectivity index (χ3v) is 7.69. The van der Waals surface area contributed by atoms with Crippen LogP contribution in [0.4, 0.5) is 5.69 Å². The van der Waals surface area contributed by atoms with E-state index in [2.05, 4.69) is 10.6 Å². The van der Waals surface area contributed by atoms with Crippen molar-refractivity contribution in [2.24, 2.45) is 5.73 Å². The highest BCUT2D eigenvalue weighted by atomic mass is 32.2. The maximum atomic E-state index is 13.8. The van der Waals surface area contributed by atoms with Gasteiger partial charge in [0.25, 0.3) is 0 Å². The molecule has 3 aromatic rings. The fraction of sp³-hybridized carbons (Fsp3) is 0.267. The van der Waals surface area contributed by atoms with Crippen LogP contribution in [0.3, 0.4) is 0 Å². The second-order valence-electron chi connectivity index (χ2n) is 9.76. The van der Waals surface area contributed by atoms with E-state index in [0.29, 0.717) is 17.5 Å². The van der Waals surface area contributed by atoms with Gasteiger partial charge in [0.1, 0.15) is 17.9 Å². The molecule has 6 N–H and O–H groups in total. The number of hydrogen-bond donors (Lipinski definition) is 5. The van der Waals surface area contributed by atoms with Gasteiger partial charge in [-0.15, -0.1) is 0 Å². The molecule has 2 amide bonds. The van der Waals surface area contributed by atoms with Crippen molar-refractivity contribution in [2.75, 3.05) is 10.6 Å². The van der Waals surface area contributed by atoms with Crippen LogP contribution in [0, 0.1) is 5.41 Å². The number of hydrogen-bond acceptors (Lipinski definition) is 6. The first-order valence-corrected chi connectivity index (χ1v) is 15.1. The molecule has 0 radical (unpaired) electrons. The summed E-state index contributed by atoms with van der Waals surface area (Å²) in [4.78, 5) is 38.3. The van der Waals surface area contributed by atoms with Crippen molar-refractivity contribution in [3.8, 4) is 0 Å². The Kier molecular flexibility index (Phi) is 11.2. The number of benzene rings is 3. The summed E-state index contributed by atoms with van der Waals surface area (Å²) in [5.74, 6) is -2.59. The summed E-state index contributed by atoms with van der Waals surface area (Å²) in [5.41, 5.74) is 7.88. The summed E-state index contributed by atoms with van der Waals surface area (Å²) in [7, 11) is -3.95. The van der Waals surface area contributed by atoms with Gasteiger partial charge in [0, 0.05) is 18.5 Å². The van der Waals surface area contributed by atoms with E-state index in [1.807, 2.05) is 30.3 Å². The maximum absolute atomic E-state index is 13.8. The van der Waals surface area contributed by atoms with E-state index in [4.69, 9.17) is 11.1 Å². The Morgan fingerprint density at radius 2 is 1.48 bits per heavy atom. The Bertz CT molecular complexity index is 1480. The quantitative estimate of drug-likeness (QED) is 0.132. The number of nitrogen functional groups attached to an aromatic ring is 1.